The molecule has 0 saturated heterocycles. The molecule has 6 heteroatoms. The highest BCUT2D eigenvalue weighted by Gasteiger charge is 2.21. The molecule has 130 valence electrons. The highest BCUT2D eigenvalue weighted by atomic mass is 16.5. The van der Waals surface area contributed by atoms with Crippen molar-refractivity contribution >= 4 is 11.6 Å². The lowest BCUT2D eigenvalue weighted by molar-refractivity contribution is 0.0519. The molecule has 6 nitrogen and oxygen atoms in total. The molecule has 1 aliphatic carbocycles. The van der Waals surface area contributed by atoms with Gasteiger partial charge in [-0.05, 0) is 38.0 Å². The van der Waals surface area contributed by atoms with Crippen LogP contribution in [0, 0.1) is 11.8 Å². The Morgan fingerprint density at radius 1 is 1.25 bits per heavy atom. The quantitative estimate of drug-likeness (QED) is 0.855. The molecule has 0 unspecified atom stereocenters. The van der Waals surface area contributed by atoms with Crippen LogP contribution in [-0.4, -0.2) is 27.2 Å². The molecule has 0 aliphatic heterocycles. The topological polar surface area (TPSA) is 76.5 Å². The minimum Gasteiger partial charge on any atom is -0.461 e. The van der Waals surface area contributed by atoms with Gasteiger partial charge in [-0.25, -0.2) is 14.3 Å². The molecule has 1 fully saturated rings. The van der Waals surface area contributed by atoms with E-state index in [2.05, 4.69) is 17.0 Å². The third-order valence-electron chi connectivity index (χ3n) is 5.04. The molecule has 0 radical (unpaired) electrons. The van der Waals surface area contributed by atoms with Crippen LogP contribution in [0.2, 0.25) is 0 Å². The average molecular weight is 331 g/mol. The van der Waals surface area contributed by atoms with Crippen LogP contribution in [0.4, 0.5) is 0 Å². The minimum absolute atomic E-state index is 0.187. The van der Waals surface area contributed by atoms with Gasteiger partial charge in [0.2, 0.25) is 0 Å². The Morgan fingerprint density at radius 2 is 1.96 bits per heavy atom. The smallest absolute Gasteiger partial charge is 0.356 e. The number of carbonyl (C=O) groups is 1. The van der Waals surface area contributed by atoms with Gasteiger partial charge in [-0.2, -0.15) is 0 Å². The van der Waals surface area contributed by atoms with Gasteiger partial charge < -0.3 is 4.74 Å². The summed E-state index contributed by atoms with van der Waals surface area (Å²) in [6.07, 6.45) is 7.07. The van der Waals surface area contributed by atoms with Crippen molar-refractivity contribution < 1.29 is 9.53 Å². The second-order valence-corrected chi connectivity index (χ2v) is 6.67. The summed E-state index contributed by atoms with van der Waals surface area (Å²) in [5.74, 6) is 0.992. The summed E-state index contributed by atoms with van der Waals surface area (Å²) < 4.78 is 6.25. The fourth-order valence-electron chi connectivity index (χ4n) is 3.60. The number of rotatable bonds is 5. The van der Waals surface area contributed by atoms with Crippen LogP contribution >= 0.6 is 0 Å². The number of carbonyl (C=O) groups excluding carboxylic acids is 1. The third kappa shape index (κ3) is 3.52. The molecule has 0 atom stereocenters. The third-order valence-corrected chi connectivity index (χ3v) is 5.04. The first-order valence-corrected chi connectivity index (χ1v) is 8.89. The maximum Gasteiger partial charge on any atom is 0.356 e. The molecule has 2 heterocycles. The van der Waals surface area contributed by atoms with Crippen molar-refractivity contribution in [2.24, 2.45) is 11.8 Å². The van der Waals surface area contributed by atoms with E-state index in [1.54, 1.807) is 19.1 Å². The summed E-state index contributed by atoms with van der Waals surface area (Å²) in [6.45, 7) is 4.30. The number of nitrogens with zero attached hydrogens (tertiary/aromatic N) is 2. The van der Waals surface area contributed by atoms with Crippen molar-refractivity contribution in [3.8, 4) is 0 Å². The van der Waals surface area contributed by atoms with E-state index in [-0.39, 0.29) is 11.3 Å². The van der Waals surface area contributed by atoms with Gasteiger partial charge in [-0.3, -0.25) is 9.89 Å². The molecule has 1 aliphatic rings. The molecule has 0 bridgehead atoms. The largest absolute Gasteiger partial charge is 0.461 e. The van der Waals surface area contributed by atoms with Crippen LogP contribution in [0.25, 0.3) is 5.65 Å². The number of hydrogen-bond acceptors (Lipinski definition) is 4. The van der Waals surface area contributed by atoms with Gasteiger partial charge in [-0.15, -0.1) is 0 Å². The maximum atomic E-state index is 12.3. The van der Waals surface area contributed by atoms with Crippen molar-refractivity contribution in [2.45, 2.75) is 52.4 Å². The molecular formula is C18H25N3O3. The van der Waals surface area contributed by atoms with E-state index in [9.17, 15) is 9.59 Å². The lowest BCUT2D eigenvalue weighted by Crippen LogP contribution is -2.20. The van der Waals surface area contributed by atoms with Gasteiger partial charge >= 0.3 is 5.97 Å². The predicted octanol–water partition coefficient (Wildman–Crippen LogP) is 2.96. The number of fused-ring (bicyclic) bond motifs is 1. The zero-order valence-corrected chi connectivity index (χ0v) is 14.4. The van der Waals surface area contributed by atoms with Crippen LogP contribution in [0.3, 0.4) is 0 Å². The van der Waals surface area contributed by atoms with Crippen molar-refractivity contribution in [3.63, 3.8) is 0 Å². The van der Waals surface area contributed by atoms with Gasteiger partial charge in [0.25, 0.3) is 5.56 Å². The highest BCUT2D eigenvalue weighted by molar-refractivity contribution is 5.88. The second kappa shape index (κ2) is 7.20. The standard InChI is InChI=1S/C18H25N3O3/c1-3-12-5-7-13(8-6-12)9-14-10-17(22)21-16(19-14)11-15(20-21)18(23)24-4-2/h10-13,20H,3-9H2,1-2H3. The first-order chi connectivity index (χ1) is 11.6. The Bertz CT molecular complexity index is 769. The van der Waals surface area contributed by atoms with Crippen molar-refractivity contribution in [3.05, 3.63) is 33.9 Å². The summed E-state index contributed by atoms with van der Waals surface area (Å²) in [7, 11) is 0. The Balaban J connectivity index is 1.78. The molecule has 0 spiro atoms. The lowest BCUT2D eigenvalue weighted by Gasteiger charge is -2.27. The number of nitrogens with one attached hydrogen (secondary N) is 1. The average Bonchev–Trinajstić information content (AvgIpc) is 3.01. The molecule has 2 aromatic heterocycles. The zero-order valence-electron chi connectivity index (χ0n) is 14.4. The first kappa shape index (κ1) is 16.7. The van der Waals surface area contributed by atoms with Crippen LogP contribution in [0.5, 0.6) is 0 Å². The Kier molecular flexibility index (Phi) is 5.02. The summed E-state index contributed by atoms with van der Waals surface area (Å²) in [5.41, 5.74) is 1.35. The van der Waals surface area contributed by atoms with E-state index in [1.165, 1.54) is 36.6 Å². The molecule has 0 aromatic carbocycles. The monoisotopic (exact) mass is 331 g/mol. The van der Waals surface area contributed by atoms with Gasteiger partial charge in [0.1, 0.15) is 5.69 Å². The van der Waals surface area contributed by atoms with Crippen LogP contribution in [0.1, 0.15) is 62.1 Å². The second-order valence-electron chi connectivity index (χ2n) is 6.67. The van der Waals surface area contributed by atoms with E-state index >= 15 is 0 Å². The fraction of sp³-hybridized carbons (Fsp3) is 0.611. The van der Waals surface area contributed by atoms with Crippen LogP contribution in [0.15, 0.2) is 16.9 Å². The van der Waals surface area contributed by atoms with Gasteiger partial charge in [0.15, 0.2) is 5.65 Å². The number of esters is 1. The summed E-state index contributed by atoms with van der Waals surface area (Å²) >= 11 is 0. The molecule has 3 rings (SSSR count). The van der Waals surface area contributed by atoms with E-state index < -0.39 is 5.97 Å². The van der Waals surface area contributed by atoms with Crippen LogP contribution in [-0.2, 0) is 11.2 Å². The van der Waals surface area contributed by atoms with E-state index in [1.807, 2.05) is 0 Å². The Hall–Kier alpha value is -2.11. The summed E-state index contributed by atoms with van der Waals surface area (Å²) in [5, 5.41) is 2.76. The predicted molar refractivity (Wildman–Crippen MR) is 91.2 cm³/mol. The zero-order chi connectivity index (χ0) is 17.1. The number of aromatic amines is 1. The highest BCUT2D eigenvalue weighted by Crippen LogP contribution is 2.32. The maximum absolute atomic E-state index is 12.3. The number of aromatic nitrogens is 3. The minimum atomic E-state index is -0.471. The van der Waals surface area contributed by atoms with Crippen LogP contribution < -0.4 is 5.56 Å². The van der Waals surface area contributed by atoms with Gasteiger partial charge in [0, 0.05) is 17.8 Å². The van der Waals surface area contributed by atoms with Gasteiger partial charge in [-0.1, -0.05) is 26.2 Å². The molecule has 1 saturated carbocycles. The summed E-state index contributed by atoms with van der Waals surface area (Å²) in [4.78, 5) is 28.6. The van der Waals surface area contributed by atoms with E-state index in [0.29, 0.717) is 18.2 Å². The molecular weight excluding hydrogens is 306 g/mol. The normalized spacial score (nSPS) is 21.1. The fourth-order valence-corrected chi connectivity index (χ4v) is 3.60. The first-order valence-electron chi connectivity index (χ1n) is 8.89. The van der Waals surface area contributed by atoms with E-state index in [0.717, 1.165) is 18.0 Å². The number of hydrogen-bond donors (Lipinski definition) is 1. The SMILES string of the molecule is CCOC(=O)c1cc2nc(CC3CCC(CC)CC3)cc(=O)n2[nH]1. The number of ether oxygens (including phenoxy) is 1. The summed E-state index contributed by atoms with van der Waals surface area (Å²) in [6, 6.07) is 3.15. The Morgan fingerprint density at radius 3 is 2.62 bits per heavy atom. The van der Waals surface area contributed by atoms with Crippen molar-refractivity contribution in [1.82, 2.24) is 14.6 Å². The van der Waals surface area contributed by atoms with Crippen molar-refractivity contribution in [2.75, 3.05) is 6.61 Å². The van der Waals surface area contributed by atoms with E-state index in [4.69, 9.17) is 4.74 Å². The molecule has 24 heavy (non-hydrogen) atoms. The Labute approximate surface area is 141 Å². The molecule has 2 aromatic rings. The molecule has 0 amide bonds. The number of H-pyrrole nitrogens is 1. The van der Waals surface area contributed by atoms with Crippen molar-refractivity contribution in [1.29, 1.82) is 0 Å². The lowest BCUT2D eigenvalue weighted by atomic mass is 9.79. The van der Waals surface area contributed by atoms with Gasteiger partial charge in [0.05, 0.1) is 6.61 Å². The molecule has 1 N–H and O–H groups in total.